The highest BCUT2D eigenvalue weighted by molar-refractivity contribution is 6.02. The molecule has 0 aromatic heterocycles. The first-order chi connectivity index (χ1) is 12.1. The molecule has 1 saturated heterocycles. The zero-order chi connectivity index (χ0) is 19.4. The molecule has 0 unspecified atom stereocenters. The van der Waals surface area contributed by atoms with Gasteiger partial charge in [0.05, 0.1) is 5.92 Å². The summed E-state index contributed by atoms with van der Waals surface area (Å²) in [5.74, 6) is -2.04. The van der Waals surface area contributed by atoms with Crippen LogP contribution >= 0.6 is 0 Å². The zero-order valence-corrected chi connectivity index (χ0v) is 15.9. The van der Waals surface area contributed by atoms with E-state index in [0.29, 0.717) is 24.0 Å². The third kappa shape index (κ3) is 2.71. The molecule has 1 aliphatic heterocycles. The van der Waals surface area contributed by atoms with Crippen LogP contribution in [0.25, 0.3) is 0 Å². The Hall–Kier alpha value is -1.95. The lowest BCUT2D eigenvalue weighted by molar-refractivity contribution is -0.158. The molecule has 0 spiro atoms. The fourth-order valence-electron chi connectivity index (χ4n) is 4.40. The van der Waals surface area contributed by atoms with Gasteiger partial charge < -0.3 is 14.6 Å². The molecule has 2 fully saturated rings. The molecule has 1 heterocycles. The van der Waals surface area contributed by atoms with Crippen molar-refractivity contribution in [2.24, 2.45) is 17.8 Å². The number of fused-ring (bicyclic) bond motifs is 2. The molecule has 6 atom stereocenters. The summed E-state index contributed by atoms with van der Waals surface area (Å²) in [6, 6.07) is 0. The van der Waals surface area contributed by atoms with Crippen molar-refractivity contribution in [1.29, 1.82) is 0 Å². The van der Waals surface area contributed by atoms with E-state index in [4.69, 9.17) is 9.47 Å². The Morgan fingerprint density at radius 2 is 2.04 bits per heavy atom. The summed E-state index contributed by atoms with van der Waals surface area (Å²) in [6.07, 6.45) is 0.945. The van der Waals surface area contributed by atoms with Crippen molar-refractivity contribution in [1.82, 2.24) is 0 Å². The van der Waals surface area contributed by atoms with E-state index >= 15 is 0 Å². The van der Waals surface area contributed by atoms with Crippen molar-refractivity contribution in [2.75, 3.05) is 0 Å². The second-order valence-corrected chi connectivity index (χ2v) is 7.91. The summed E-state index contributed by atoms with van der Waals surface area (Å²) in [6.45, 7) is 8.52. The van der Waals surface area contributed by atoms with Crippen LogP contribution in [-0.4, -0.2) is 40.6 Å². The first-order valence-corrected chi connectivity index (χ1v) is 9.10. The van der Waals surface area contributed by atoms with Crippen LogP contribution in [0.1, 0.15) is 47.5 Å². The number of aliphatic hydroxyl groups is 1. The zero-order valence-electron chi connectivity index (χ0n) is 15.9. The van der Waals surface area contributed by atoms with Crippen LogP contribution in [0.2, 0.25) is 0 Å². The smallest absolute Gasteiger partial charge is 0.333 e. The van der Waals surface area contributed by atoms with Gasteiger partial charge in [0.1, 0.15) is 11.7 Å². The number of hydrogen-bond acceptors (Lipinski definition) is 6. The molecule has 2 aliphatic carbocycles. The molecule has 26 heavy (non-hydrogen) atoms. The van der Waals surface area contributed by atoms with E-state index < -0.39 is 29.7 Å². The normalized spacial score (nSPS) is 40.1. The average molecular weight is 362 g/mol. The molecule has 6 heteroatoms. The van der Waals surface area contributed by atoms with Crippen LogP contribution < -0.4 is 0 Å². The summed E-state index contributed by atoms with van der Waals surface area (Å²) < 4.78 is 10.9. The number of carbonyl (C=O) groups is 3. The lowest BCUT2D eigenvalue weighted by atomic mass is 9.78. The molecule has 1 N–H and O–H groups in total. The van der Waals surface area contributed by atoms with Crippen LogP contribution in [-0.2, 0) is 23.9 Å². The molecule has 0 radical (unpaired) electrons. The van der Waals surface area contributed by atoms with Crippen molar-refractivity contribution >= 4 is 17.7 Å². The molecular formula is C20H26O6. The fraction of sp³-hybridized carbons (Fsp3) is 0.650. The van der Waals surface area contributed by atoms with Crippen molar-refractivity contribution in [3.05, 3.63) is 22.8 Å². The van der Waals surface area contributed by atoms with Gasteiger partial charge in [-0.3, -0.25) is 9.59 Å². The molecule has 6 nitrogen and oxygen atoms in total. The molecule has 142 valence electrons. The van der Waals surface area contributed by atoms with Crippen molar-refractivity contribution in [3.8, 4) is 0 Å². The Bertz CT molecular complexity index is 729. The summed E-state index contributed by atoms with van der Waals surface area (Å²) in [4.78, 5) is 36.9. The molecular weight excluding hydrogens is 336 g/mol. The molecule has 1 saturated carbocycles. The van der Waals surface area contributed by atoms with Crippen molar-refractivity contribution < 1.29 is 29.0 Å². The maximum absolute atomic E-state index is 12.8. The Morgan fingerprint density at radius 1 is 1.38 bits per heavy atom. The van der Waals surface area contributed by atoms with Gasteiger partial charge in [0.25, 0.3) is 0 Å². The third-order valence-corrected chi connectivity index (χ3v) is 6.45. The maximum Gasteiger partial charge on any atom is 0.333 e. The Morgan fingerprint density at radius 3 is 2.65 bits per heavy atom. The highest BCUT2D eigenvalue weighted by Crippen LogP contribution is 2.51. The standard InChI is InChI=1S/C20H26O6/c1-6-9(2)18(22)25-15-8-12-10(3)16(21)17-13(11(4)19(23)26-17)7-14(12)20(15,5)24/h6,11,13-15,17,24H,7-8H2,1-5H3/b9-6+/t11-,13+,14+,15+,17-,20-/m0/s1. The van der Waals surface area contributed by atoms with E-state index in [1.165, 1.54) is 0 Å². The minimum absolute atomic E-state index is 0.197. The first-order valence-electron chi connectivity index (χ1n) is 9.10. The van der Waals surface area contributed by atoms with Crippen LogP contribution in [0.5, 0.6) is 0 Å². The van der Waals surface area contributed by atoms with Gasteiger partial charge in [0, 0.05) is 23.8 Å². The van der Waals surface area contributed by atoms with Gasteiger partial charge in [-0.15, -0.1) is 0 Å². The van der Waals surface area contributed by atoms with Gasteiger partial charge in [0.2, 0.25) is 0 Å². The molecule has 0 aromatic carbocycles. The number of allylic oxidation sites excluding steroid dienone is 1. The number of ketones is 1. The van der Waals surface area contributed by atoms with E-state index in [9.17, 15) is 19.5 Å². The van der Waals surface area contributed by atoms with Crippen LogP contribution in [0.4, 0.5) is 0 Å². The van der Waals surface area contributed by atoms with Crippen LogP contribution in [0.3, 0.4) is 0 Å². The van der Waals surface area contributed by atoms with Crippen LogP contribution in [0, 0.1) is 17.8 Å². The predicted molar refractivity (Wildman–Crippen MR) is 92.9 cm³/mol. The van der Waals surface area contributed by atoms with E-state index in [1.54, 1.807) is 40.7 Å². The Labute approximate surface area is 153 Å². The van der Waals surface area contributed by atoms with Crippen LogP contribution in [0.15, 0.2) is 22.8 Å². The number of esters is 2. The Balaban J connectivity index is 1.95. The monoisotopic (exact) mass is 362 g/mol. The van der Waals surface area contributed by atoms with Gasteiger partial charge in [-0.25, -0.2) is 4.79 Å². The molecule has 3 aliphatic rings. The number of carbonyl (C=O) groups excluding carboxylic acids is 3. The summed E-state index contributed by atoms with van der Waals surface area (Å²) >= 11 is 0. The van der Waals surface area contributed by atoms with E-state index in [2.05, 4.69) is 0 Å². The second-order valence-electron chi connectivity index (χ2n) is 7.91. The first kappa shape index (κ1) is 18.8. The predicted octanol–water partition coefficient (Wildman–Crippen LogP) is 2.10. The number of ether oxygens (including phenoxy) is 2. The van der Waals surface area contributed by atoms with Gasteiger partial charge in [-0.05, 0) is 39.7 Å². The Kier molecular flexibility index (Phi) is 4.59. The van der Waals surface area contributed by atoms with Gasteiger partial charge in [-0.2, -0.15) is 0 Å². The summed E-state index contributed by atoms with van der Waals surface area (Å²) in [5.41, 5.74) is 0.499. The molecule has 3 rings (SSSR count). The molecule has 0 amide bonds. The molecule has 0 bridgehead atoms. The summed E-state index contributed by atoms with van der Waals surface area (Å²) in [5, 5.41) is 11.2. The van der Waals surface area contributed by atoms with Gasteiger partial charge in [0.15, 0.2) is 11.9 Å². The minimum atomic E-state index is -1.30. The highest BCUT2D eigenvalue weighted by Gasteiger charge is 2.57. The number of rotatable bonds is 2. The minimum Gasteiger partial charge on any atom is -0.456 e. The number of Topliss-reactive ketones (excluding diaryl/α,β-unsaturated/α-hetero) is 1. The van der Waals surface area contributed by atoms with Gasteiger partial charge >= 0.3 is 11.9 Å². The SMILES string of the molecule is C/C=C(\C)C(=O)O[C@@H]1CC2=C(C)C(=O)[C@H]3OC(=O)[C@@H](C)[C@H]3C[C@H]2[C@]1(C)O. The largest absolute Gasteiger partial charge is 0.456 e. The van der Waals surface area contributed by atoms with E-state index in [0.717, 1.165) is 5.57 Å². The maximum atomic E-state index is 12.8. The fourth-order valence-corrected chi connectivity index (χ4v) is 4.40. The number of hydrogen-bond donors (Lipinski definition) is 1. The highest BCUT2D eigenvalue weighted by atomic mass is 16.6. The topological polar surface area (TPSA) is 89.9 Å². The average Bonchev–Trinajstić information content (AvgIpc) is 2.97. The molecule has 0 aromatic rings. The lowest BCUT2D eigenvalue weighted by Crippen LogP contribution is -2.43. The van der Waals surface area contributed by atoms with E-state index in [1.807, 2.05) is 0 Å². The van der Waals surface area contributed by atoms with E-state index in [-0.39, 0.29) is 23.6 Å². The quantitative estimate of drug-likeness (QED) is 0.598. The van der Waals surface area contributed by atoms with Crippen molar-refractivity contribution in [3.63, 3.8) is 0 Å². The second kappa shape index (κ2) is 6.34. The van der Waals surface area contributed by atoms with Crippen molar-refractivity contribution in [2.45, 2.75) is 65.3 Å². The lowest BCUT2D eigenvalue weighted by Gasteiger charge is -2.32. The third-order valence-electron chi connectivity index (χ3n) is 6.45. The summed E-state index contributed by atoms with van der Waals surface area (Å²) in [7, 11) is 0. The van der Waals surface area contributed by atoms with Gasteiger partial charge in [-0.1, -0.05) is 18.6 Å².